The van der Waals surface area contributed by atoms with E-state index in [9.17, 15) is 9.90 Å². The molecule has 15 heavy (non-hydrogen) atoms. The Hall–Kier alpha value is -1.00. The highest BCUT2D eigenvalue weighted by Gasteiger charge is 2.25. The van der Waals surface area contributed by atoms with Crippen LogP contribution in [0.25, 0.3) is 0 Å². The molecule has 4 heteroatoms. The monoisotopic (exact) mass is 224 g/mol. The van der Waals surface area contributed by atoms with E-state index in [0.717, 1.165) is 16.0 Å². The maximum Gasteiger partial charge on any atom is 0.338 e. The minimum absolute atomic E-state index is 0.322. The van der Waals surface area contributed by atoms with Crippen molar-refractivity contribution in [3.05, 3.63) is 28.8 Å². The van der Waals surface area contributed by atoms with E-state index >= 15 is 0 Å². The smallest absolute Gasteiger partial charge is 0.338 e. The summed E-state index contributed by atoms with van der Waals surface area (Å²) in [5, 5.41) is 9.66. The number of hydrogen-bond acceptors (Lipinski definition) is 4. The standard InChI is InChI=1S/C11H12O3S/c1-6-7(11(13)14-2)3-4-8-9(12)5-15-10(6)8/h3-4,9,12H,5H2,1-2H3/t9-/m0/s1. The number of benzene rings is 1. The second-order valence-electron chi connectivity index (χ2n) is 3.47. The highest BCUT2D eigenvalue weighted by molar-refractivity contribution is 7.99. The van der Waals surface area contributed by atoms with Crippen molar-refractivity contribution in [2.75, 3.05) is 12.9 Å². The van der Waals surface area contributed by atoms with E-state index in [1.165, 1.54) is 7.11 Å². The lowest BCUT2D eigenvalue weighted by Gasteiger charge is -2.09. The van der Waals surface area contributed by atoms with Crippen LogP contribution in [0.15, 0.2) is 17.0 Å². The van der Waals surface area contributed by atoms with E-state index in [1.807, 2.05) is 6.92 Å². The Morgan fingerprint density at radius 2 is 2.33 bits per heavy atom. The average Bonchev–Trinajstić information content (AvgIpc) is 2.61. The molecule has 0 unspecified atom stereocenters. The van der Waals surface area contributed by atoms with Crippen molar-refractivity contribution >= 4 is 17.7 Å². The van der Waals surface area contributed by atoms with Crippen LogP contribution in [-0.2, 0) is 4.74 Å². The summed E-state index contributed by atoms with van der Waals surface area (Å²) in [6.45, 7) is 1.89. The predicted octanol–water partition coefficient (Wildman–Crippen LogP) is 1.92. The zero-order chi connectivity index (χ0) is 11.0. The summed E-state index contributed by atoms with van der Waals surface area (Å²) < 4.78 is 4.69. The van der Waals surface area contributed by atoms with Crippen molar-refractivity contribution in [3.8, 4) is 0 Å². The Labute approximate surface area is 92.4 Å². The third-order valence-electron chi connectivity index (χ3n) is 2.59. The molecule has 1 aliphatic heterocycles. The number of ether oxygens (including phenoxy) is 1. The summed E-state index contributed by atoms with van der Waals surface area (Å²) in [4.78, 5) is 12.4. The third kappa shape index (κ3) is 1.64. The third-order valence-corrected chi connectivity index (χ3v) is 3.90. The Bertz CT molecular complexity index is 415. The highest BCUT2D eigenvalue weighted by atomic mass is 32.2. The van der Waals surface area contributed by atoms with E-state index in [1.54, 1.807) is 23.9 Å². The maximum absolute atomic E-state index is 11.4. The summed E-state index contributed by atoms with van der Waals surface area (Å²) in [6.07, 6.45) is -0.407. The SMILES string of the molecule is COC(=O)c1ccc2c(c1C)SC[C@@H]2O. The van der Waals surface area contributed by atoms with Gasteiger partial charge in [0.15, 0.2) is 0 Å². The van der Waals surface area contributed by atoms with Gasteiger partial charge in [-0.25, -0.2) is 4.79 Å². The van der Waals surface area contributed by atoms with Crippen molar-refractivity contribution < 1.29 is 14.6 Å². The van der Waals surface area contributed by atoms with Gasteiger partial charge in [0.05, 0.1) is 18.8 Å². The van der Waals surface area contributed by atoms with Gasteiger partial charge in [0.25, 0.3) is 0 Å². The van der Waals surface area contributed by atoms with Crippen molar-refractivity contribution in [2.45, 2.75) is 17.9 Å². The van der Waals surface area contributed by atoms with Gasteiger partial charge in [-0.3, -0.25) is 0 Å². The van der Waals surface area contributed by atoms with Crippen LogP contribution >= 0.6 is 11.8 Å². The zero-order valence-electron chi connectivity index (χ0n) is 8.61. The van der Waals surface area contributed by atoms with Crippen molar-refractivity contribution in [1.29, 1.82) is 0 Å². The van der Waals surface area contributed by atoms with E-state index in [4.69, 9.17) is 4.74 Å². The molecular weight excluding hydrogens is 212 g/mol. The van der Waals surface area contributed by atoms with Gasteiger partial charge in [-0.05, 0) is 24.1 Å². The molecule has 0 saturated heterocycles. The molecule has 0 spiro atoms. The number of fused-ring (bicyclic) bond motifs is 1. The predicted molar refractivity (Wildman–Crippen MR) is 58.2 cm³/mol. The van der Waals surface area contributed by atoms with Crippen LogP contribution in [0, 0.1) is 6.92 Å². The first kappa shape index (κ1) is 10.5. The number of rotatable bonds is 1. The Kier molecular flexibility index (Phi) is 2.71. The fourth-order valence-electron chi connectivity index (χ4n) is 1.75. The van der Waals surface area contributed by atoms with Crippen molar-refractivity contribution in [2.24, 2.45) is 0 Å². The number of methoxy groups -OCH3 is 1. The number of aliphatic hydroxyl groups excluding tert-OH is 1. The van der Waals surface area contributed by atoms with Crippen LogP contribution in [0.3, 0.4) is 0 Å². The van der Waals surface area contributed by atoms with Crippen LogP contribution in [0.2, 0.25) is 0 Å². The van der Waals surface area contributed by atoms with Crippen LogP contribution in [-0.4, -0.2) is 23.9 Å². The minimum Gasteiger partial charge on any atom is -0.465 e. The molecule has 1 aliphatic rings. The molecule has 0 fully saturated rings. The summed E-state index contributed by atoms with van der Waals surface area (Å²) in [5.41, 5.74) is 2.41. The number of thioether (sulfide) groups is 1. The van der Waals surface area contributed by atoms with Gasteiger partial charge in [0, 0.05) is 10.6 Å². The molecular formula is C11H12O3S. The van der Waals surface area contributed by atoms with Gasteiger partial charge in [-0.2, -0.15) is 0 Å². The Morgan fingerprint density at radius 3 is 3.00 bits per heavy atom. The molecule has 0 aromatic heterocycles. The van der Waals surface area contributed by atoms with E-state index in [0.29, 0.717) is 11.3 Å². The summed E-state index contributed by atoms with van der Waals surface area (Å²) in [7, 11) is 1.37. The summed E-state index contributed by atoms with van der Waals surface area (Å²) in [6, 6.07) is 3.52. The quantitative estimate of drug-likeness (QED) is 0.740. The molecule has 80 valence electrons. The normalized spacial score (nSPS) is 18.7. The van der Waals surface area contributed by atoms with Crippen molar-refractivity contribution in [1.82, 2.24) is 0 Å². The van der Waals surface area contributed by atoms with Gasteiger partial charge >= 0.3 is 5.97 Å². The second kappa shape index (κ2) is 3.87. The summed E-state index contributed by atoms with van der Waals surface area (Å²) in [5.74, 6) is 0.346. The molecule has 0 amide bonds. The van der Waals surface area contributed by atoms with Gasteiger partial charge in [0.1, 0.15) is 0 Å². The Morgan fingerprint density at radius 1 is 1.60 bits per heavy atom. The van der Waals surface area contributed by atoms with Gasteiger partial charge in [0.2, 0.25) is 0 Å². The van der Waals surface area contributed by atoms with Crippen LogP contribution in [0.1, 0.15) is 27.6 Å². The minimum atomic E-state index is -0.407. The number of carbonyl (C=O) groups is 1. The van der Waals surface area contributed by atoms with E-state index in [-0.39, 0.29) is 5.97 Å². The Balaban J connectivity index is 2.51. The molecule has 2 rings (SSSR count). The lowest BCUT2D eigenvalue weighted by molar-refractivity contribution is 0.0599. The lowest BCUT2D eigenvalue weighted by atomic mass is 10.0. The first-order valence-electron chi connectivity index (χ1n) is 4.68. The number of carbonyl (C=O) groups excluding carboxylic acids is 1. The molecule has 1 atom stereocenters. The first-order valence-corrected chi connectivity index (χ1v) is 5.66. The zero-order valence-corrected chi connectivity index (χ0v) is 9.43. The highest BCUT2D eigenvalue weighted by Crippen LogP contribution is 2.41. The molecule has 1 heterocycles. The molecule has 3 nitrogen and oxygen atoms in total. The fourth-order valence-corrected chi connectivity index (χ4v) is 2.95. The second-order valence-corrected chi connectivity index (χ2v) is 4.51. The number of esters is 1. The van der Waals surface area contributed by atoms with Gasteiger partial charge in [-0.1, -0.05) is 6.07 Å². The van der Waals surface area contributed by atoms with Crippen LogP contribution in [0.4, 0.5) is 0 Å². The molecule has 1 aromatic carbocycles. The molecule has 0 saturated carbocycles. The van der Waals surface area contributed by atoms with Crippen molar-refractivity contribution in [3.63, 3.8) is 0 Å². The van der Waals surface area contributed by atoms with E-state index < -0.39 is 6.10 Å². The molecule has 1 aromatic rings. The van der Waals surface area contributed by atoms with Crippen LogP contribution in [0.5, 0.6) is 0 Å². The van der Waals surface area contributed by atoms with Gasteiger partial charge in [-0.15, -0.1) is 11.8 Å². The largest absolute Gasteiger partial charge is 0.465 e. The summed E-state index contributed by atoms with van der Waals surface area (Å²) >= 11 is 1.59. The topological polar surface area (TPSA) is 46.5 Å². The molecule has 0 bridgehead atoms. The fraction of sp³-hybridized carbons (Fsp3) is 0.364. The first-order chi connectivity index (χ1) is 7.15. The number of aliphatic hydroxyl groups is 1. The number of hydrogen-bond donors (Lipinski definition) is 1. The average molecular weight is 224 g/mol. The molecule has 0 aliphatic carbocycles. The maximum atomic E-state index is 11.4. The molecule has 0 radical (unpaired) electrons. The van der Waals surface area contributed by atoms with E-state index in [2.05, 4.69) is 0 Å². The van der Waals surface area contributed by atoms with Gasteiger partial charge < -0.3 is 9.84 Å². The molecule has 1 N–H and O–H groups in total. The van der Waals surface area contributed by atoms with Crippen LogP contribution < -0.4 is 0 Å². The lowest BCUT2D eigenvalue weighted by Crippen LogP contribution is -2.05.